The fourth-order valence-electron chi connectivity index (χ4n) is 2.99. The third-order valence-corrected chi connectivity index (χ3v) is 4.50. The molecule has 0 aliphatic heterocycles. The third-order valence-electron chi connectivity index (χ3n) is 4.50. The number of halogens is 7. The summed E-state index contributed by atoms with van der Waals surface area (Å²) >= 11 is 0. The monoisotopic (exact) mass is 460 g/mol. The summed E-state index contributed by atoms with van der Waals surface area (Å²) < 4.78 is 105. The molecular formula is C22H15F7O3. The molecule has 0 aromatic heterocycles. The number of aryl methyl sites for hydroxylation is 1. The molecule has 1 N–H and O–H groups in total. The first-order chi connectivity index (χ1) is 15.0. The van der Waals surface area contributed by atoms with Gasteiger partial charge in [-0.3, -0.25) is 0 Å². The molecule has 170 valence electrons. The molecule has 0 saturated carbocycles. The van der Waals surface area contributed by atoms with Gasteiger partial charge in [0.15, 0.2) is 17.4 Å². The summed E-state index contributed by atoms with van der Waals surface area (Å²) in [7, 11) is 0. The molecule has 0 aliphatic rings. The van der Waals surface area contributed by atoms with E-state index in [9.17, 15) is 31.4 Å². The van der Waals surface area contributed by atoms with Gasteiger partial charge in [0, 0.05) is 12.1 Å². The van der Waals surface area contributed by atoms with Crippen molar-refractivity contribution in [3.05, 3.63) is 77.1 Å². The topological polar surface area (TPSA) is 38.7 Å². The van der Waals surface area contributed by atoms with Crippen LogP contribution in [-0.4, -0.2) is 11.7 Å². The molecule has 0 fully saturated rings. The number of phenolic OH excluding ortho intramolecular Hbond substituents is 1. The van der Waals surface area contributed by atoms with Gasteiger partial charge in [-0.25, -0.2) is 13.2 Å². The zero-order valence-corrected chi connectivity index (χ0v) is 16.3. The number of aromatic hydroxyl groups is 1. The number of benzene rings is 3. The summed E-state index contributed by atoms with van der Waals surface area (Å²) in [5.41, 5.74) is -1.64. The highest BCUT2D eigenvalue weighted by Crippen LogP contribution is 2.42. The average Bonchev–Trinajstić information content (AvgIpc) is 2.69. The lowest BCUT2D eigenvalue weighted by Crippen LogP contribution is -2.25. The van der Waals surface area contributed by atoms with Crippen molar-refractivity contribution in [1.82, 2.24) is 0 Å². The Hall–Kier alpha value is -3.43. The highest BCUT2D eigenvalue weighted by molar-refractivity contribution is 5.72. The molecule has 0 unspecified atom stereocenters. The summed E-state index contributed by atoms with van der Waals surface area (Å²) in [6.45, 7) is -1.50. The van der Waals surface area contributed by atoms with Crippen LogP contribution in [0.25, 0.3) is 11.1 Å². The van der Waals surface area contributed by atoms with Gasteiger partial charge >= 0.3 is 12.7 Å². The minimum absolute atomic E-state index is 0.00814. The summed E-state index contributed by atoms with van der Waals surface area (Å²) in [4.78, 5) is 0. The van der Waals surface area contributed by atoms with Crippen molar-refractivity contribution in [2.45, 2.75) is 26.1 Å². The van der Waals surface area contributed by atoms with Crippen LogP contribution in [0.2, 0.25) is 0 Å². The molecule has 10 heteroatoms. The summed E-state index contributed by atoms with van der Waals surface area (Å²) in [5.74, 6) is -7.80. The van der Waals surface area contributed by atoms with Gasteiger partial charge in [0.25, 0.3) is 0 Å². The van der Waals surface area contributed by atoms with Gasteiger partial charge in [0.05, 0.1) is 5.56 Å². The maximum atomic E-state index is 15.0. The number of phenols is 1. The number of rotatable bonds is 7. The van der Waals surface area contributed by atoms with Crippen molar-refractivity contribution in [1.29, 1.82) is 0 Å². The van der Waals surface area contributed by atoms with Crippen molar-refractivity contribution >= 4 is 0 Å². The first-order valence-corrected chi connectivity index (χ1v) is 9.15. The van der Waals surface area contributed by atoms with Crippen molar-refractivity contribution in [3.8, 4) is 28.4 Å². The van der Waals surface area contributed by atoms with Crippen LogP contribution in [0.5, 0.6) is 17.2 Å². The molecule has 0 saturated heterocycles. The minimum Gasteiger partial charge on any atom is -0.507 e. The Bertz CT molecular complexity index is 1120. The van der Waals surface area contributed by atoms with E-state index in [1.807, 2.05) is 6.92 Å². The van der Waals surface area contributed by atoms with Gasteiger partial charge in [-0.2, -0.15) is 17.6 Å². The van der Waals surface area contributed by atoms with E-state index in [1.165, 1.54) is 12.1 Å². The highest BCUT2D eigenvalue weighted by Gasteiger charge is 2.43. The quantitative estimate of drug-likeness (QED) is 0.396. The highest BCUT2D eigenvalue weighted by atomic mass is 19.3. The molecule has 0 atom stereocenters. The SMILES string of the molecule is CCc1ccc(-c2c(O)cc(F)c(C(F)(F)Oc3ccc(OC(F)F)c(F)c3)c2F)cc1. The Morgan fingerprint density at radius 2 is 1.59 bits per heavy atom. The Labute approximate surface area is 177 Å². The molecule has 3 aromatic rings. The second-order valence-corrected chi connectivity index (χ2v) is 6.58. The predicted octanol–water partition coefficient (Wildman–Crippen LogP) is 6.77. The van der Waals surface area contributed by atoms with E-state index >= 15 is 4.39 Å². The van der Waals surface area contributed by atoms with Gasteiger partial charge in [0.2, 0.25) is 0 Å². The number of alkyl halides is 4. The summed E-state index contributed by atoms with van der Waals surface area (Å²) in [6, 6.07) is 7.76. The van der Waals surface area contributed by atoms with E-state index in [4.69, 9.17) is 0 Å². The number of hydrogen-bond acceptors (Lipinski definition) is 3. The lowest BCUT2D eigenvalue weighted by Gasteiger charge is -2.21. The van der Waals surface area contributed by atoms with Crippen LogP contribution in [0.4, 0.5) is 30.7 Å². The van der Waals surface area contributed by atoms with E-state index in [0.29, 0.717) is 30.7 Å². The van der Waals surface area contributed by atoms with Crippen molar-refractivity contribution in [2.24, 2.45) is 0 Å². The summed E-state index contributed by atoms with van der Waals surface area (Å²) in [5, 5.41) is 9.98. The number of hydrogen-bond donors (Lipinski definition) is 1. The van der Waals surface area contributed by atoms with Crippen LogP contribution in [-0.2, 0) is 12.5 Å². The lowest BCUT2D eigenvalue weighted by atomic mass is 9.98. The molecule has 0 aliphatic carbocycles. The van der Waals surface area contributed by atoms with Gasteiger partial charge < -0.3 is 14.6 Å². The molecule has 3 nitrogen and oxygen atoms in total. The Kier molecular flexibility index (Phi) is 6.52. The van der Waals surface area contributed by atoms with E-state index in [1.54, 1.807) is 12.1 Å². The molecule has 3 aromatic carbocycles. The smallest absolute Gasteiger partial charge is 0.432 e. The maximum absolute atomic E-state index is 15.0. The third kappa shape index (κ3) is 4.74. The van der Waals surface area contributed by atoms with E-state index in [-0.39, 0.29) is 5.56 Å². The Morgan fingerprint density at radius 1 is 0.938 bits per heavy atom. The molecule has 32 heavy (non-hydrogen) atoms. The van der Waals surface area contributed by atoms with Gasteiger partial charge in [-0.05, 0) is 29.7 Å². The normalized spacial score (nSPS) is 11.7. The van der Waals surface area contributed by atoms with Crippen molar-refractivity contribution in [2.75, 3.05) is 0 Å². The number of ether oxygens (including phenoxy) is 2. The molecule has 0 bridgehead atoms. The Balaban J connectivity index is 2.01. The first kappa shape index (κ1) is 23.2. The van der Waals surface area contributed by atoms with Crippen LogP contribution in [0.1, 0.15) is 18.1 Å². The molecule has 3 rings (SSSR count). The van der Waals surface area contributed by atoms with Gasteiger partial charge in [-0.15, -0.1) is 0 Å². The lowest BCUT2D eigenvalue weighted by molar-refractivity contribution is -0.189. The van der Waals surface area contributed by atoms with Crippen LogP contribution in [0.15, 0.2) is 48.5 Å². The van der Waals surface area contributed by atoms with Crippen molar-refractivity contribution in [3.63, 3.8) is 0 Å². The van der Waals surface area contributed by atoms with Crippen LogP contribution >= 0.6 is 0 Å². The molecule has 0 spiro atoms. The van der Waals surface area contributed by atoms with E-state index in [2.05, 4.69) is 9.47 Å². The largest absolute Gasteiger partial charge is 0.507 e. The first-order valence-electron chi connectivity index (χ1n) is 9.15. The van der Waals surface area contributed by atoms with Crippen LogP contribution in [0.3, 0.4) is 0 Å². The Morgan fingerprint density at radius 3 is 2.16 bits per heavy atom. The van der Waals surface area contributed by atoms with E-state index < -0.39 is 58.5 Å². The second-order valence-electron chi connectivity index (χ2n) is 6.58. The van der Waals surface area contributed by atoms with Crippen molar-refractivity contribution < 1.29 is 45.3 Å². The second kappa shape index (κ2) is 8.97. The van der Waals surface area contributed by atoms with Crippen LogP contribution < -0.4 is 9.47 Å². The van der Waals surface area contributed by atoms with E-state index in [0.717, 1.165) is 5.56 Å². The van der Waals surface area contributed by atoms with Gasteiger partial charge in [-0.1, -0.05) is 31.2 Å². The standard InChI is InChI=1S/C22H15F7O3/c1-2-11-3-5-12(6-4-11)18-16(30)10-15(24)19(20(18)25)22(28,29)32-13-7-8-17(14(23)9-13)31-21(26)27/h3-10,21,30H,2H2,1H3. The molecule has 0 amide bonds. The predicted molar refractivity (Wildman–Crippen MR) is 100 cm³/mol. The zero-order chi connectivity index (χ0) is 23.6. The molecule has 0 heterocycles. The molecule has 0 radical (unpaired) electrons. The minimum atomic E-state index is -4.66. The fourth-order valence-corrected chi connectivity index (χ4v) is 2.99. The fraction of sp³-hybridized carbons (Fsp3) is 0.182. The summed E-state index contributed by atoms with van der Waals surface area (Å²) in [6.07, 6.45) is -4.01. The van der Waals surface area contributed by atoms with Gasteiger partial charge in [0.1, 0.15) is 22.9 Å². The maximum Gasteiger partial charge on any atom is 0.432 e. The zero-order valence-electron chi connectivity index (χ0n) is 16.3. The van der Waals surface area contributed by atoms with Crippen LogP contribution in [0, 0.1) is 17.5 Å². The molecular weight excluding hydrogens is 445 g/mol. The average molecular weight is 460 g/mol.